The van der Waals surface area contributed by atoms with Gasteiger partial charge in [0.2, 0.25) is 0 Å². The van der Waals surface area contributed by atoms with Gasteiger partial charge in [0.25, 0.3) is 0 Å². The largest absolute Gasteiger partial charge is 0.472 e. The van der Waals surface area contributed by atoms with Crippen LogP contribution in [-0.4, -0.2) is 59.2 Å². The van der Waals surface area contributed by atoms with E-state index in [2.05, 4.69) is 80.8 Å². The van der Waals surface area contributed by atoms with Crippen LogP contribution in [0.4, 0.5) is 11.4 Å². The minimum absolute atomic E-state index is 0.221. The molecule has 206 valence electrons. The molecule has 0 spiro atoms. The van der Waals surface area contributed by atoms with Crippen molar-refractivity contribution in [3.05, 3.63) is 114 Å². The highest BCUT2D eigenvalue weighted by Gasteiger charge is 2.17. The summed E-state index contributed by atoms with van der Waals surface area (Å²) in [6.45, 7) is 5.89. The molecule has 0 bridgehead atoms. The lowest BCUT2D eigenvalue weighted by Gasteiger charge is -2.34. The van der Waals surface area contributed by atoms with Gasteiger partial charge in [-0.15, -0.1) is 0 Å². The highest BCUT2D eigenvalue weighted by atomic mass is 16.3. The molecule has 2 N–H and O–H groups in total. The van der Waals surface area contributed by atoms with E-state index < -0.39 is 0 Å². The van der Waals surface area contributed by atoms with Crippen LogP contribution in [0.5, 0.6) is 0 Å². The first-order valence-electron chi connectivity index (χ1n) is 14.0. The topological polar surface area (TPSA) is 88.6 Å². The van der Waals surface area contributed by atoms with E-state index in [4.69, 9.17) is 4.42 Å². The van der Waals surface area contributed by atoms with Crippen LogP contribution in [0.25, 0.3) is 22.0 Å². The van der Waals surface area contributed by atoms with Crippen LogP contribution in [0.1, 0.15) is 22.3 Å². The van der Waals surface area contributed by atoms with Crippen LogP contribution >= 0.6 is 0 Å². The average Bonchev–Trinajstić information content (AvgIpc) is 3.52. The molecule has 0 amide bonds. The van der Waals surface area contributed by atoms with Gasteiger partial charge in [-0.05, 0) is 58.1 Å². The Morgan fingerprint density at radius 1 is 0.878 bits per heavy atom. The highest BCUT2D eigenvalue weighted by Crippen LogP contribution is 2.32. The number of anilines is 2. The van der Waals surface area contributed by atoms with Crippen LogP contribution in [-0.2, 0) is 13.0 Å². The van der Waals surface area contributed by atoms with Gasteiger partial charge >= 0.3 is 0 Å². The standard InChI is InChI=1S/C34H33N5O2/c35-21-30-22-36-33-20-29(28-3-1-2-26(19-28)23-39-13-11-38(12-14-39)15-16-40)6-9-32(33)34(30)37-31-7-4-25(5-8-31)18-27-10-17-41-24-27/h1-10,17,19-20,22,24,40H,11-16,18,23H2,(H,36,37). The van der Waals surface area contributed by atoms with E-state index in [0.717, 1.165) is 84.7 Å². The fraction of sp³-hybridized carbons (Fsp3) is 0.235. The number of pyridine rings is 1. The third kappa shape index (κ3) is 6.31. The molecular formula is C34H33N5O2. The molecule has 5 aromatic rings. The quantitative estimate of drug-likeness (QED) is 0.243. The summed E-state index contributed by atoms with van der Waals surface area (Å²) in [4.78, 5) is 9.42. The number of furan rings is 1. The van der Waals surface area contributed by atoms with Crippen LogP contribution in [0.15, 0.2) is 95.9 Å². The number of fused-ring (bicyclic) bond motifs is 1. The number of rotatable bonds is 9. The van der Waals surface area contributed by atoms with Gasteiger partial charge < -0.3 is 14.8 Å². The Morgan fingerprint density at radius 2 is 1.68 bits per heavy atom. The second-order valence-electron chi connectivity index (χ2n) is 10.6. The van der Waals surface area contributed by atoms with Crippen LogP contribution < -0.4 is 5.32 Å². The Bertz CT molecular complexity index is 1650. The first-order chi connectivity index (χ1) is 20.2. The Kier molecular flexibility index (Phi) is 8.06. The molecule has 7 nitrogen and oxygen atoms in total. The van der Waals surface area contributed by atoms with E-state index in [1.54, 1.807) is 18.7 Å². The number of nitrogens with one attached hydrogen (secondary N) is 1. The van der Waals surface area contributed by atoms with E-state index in [1.807, 2.05) is 18.2 Å². The number of aromatic nitrogens is 1. The summed E-state index contributed by atoms with van der Waals surface area (Å²) in [5.41, 5.74) is 8.88. The van der Waals surface area contributed by atoms with E-state index in [-0.39, 0.29) is 6.61 Å². The Morgan fingerprint density at radius 3 is 2.44 bits per heavy atom. The van der Waals surface area contributed by atoms with Gasteiger partial charge in [-0.25, -0.2) is 0 Å². The number of nitrogens with zero attached hydrogens (tertiary/aromatic N) is 4. The molecule has 1 aliphatic rings. The molecule has 2 aromatic heterocycles. The molecule has 1 aliphatic heterocycles. The van der Waals surface area contributed by atoms with Gasteiger partial charge in [-0.1, -0.05) is 42.5 Å². The summed E-state index contributed by atoms with van der Waals surface area (Å²) < 4.78 is 5.18. The molecule has 1 saturated heterocycles. The van der Waals surface area contributed by atoms with Crippen molar-refractivity contribution in [2.24, 2.45) is 0 Å². The molecule has 0 aliphatic carbocycles. The normalized spacial score (nSPS) is 14.2. The van der Waals surface area contributed by atoms with Gasteiger partial charge in [0.1, 0.15) is 6.07 Å². The fourth-order valence-electron chi connectivity index (χ4n) is 5.49. The molecule has 0 unspecified atom stereocenters. The Balaban J connectivity index is 1.20. The van der Waals surface area contributed by atoms with E-state index in [1.165, 1.54) is 11.1 Å². The number of aliphatic hydroxyl groups excluding tert-OH is 1. The van der Waals surface area contributed by atoms with Crippen molar-refractivity contribution < 1.29 is 9.52 Å². The van der Waals surface area contributed by atoms with E-state index >= 15 is 0 Å². The first-order valence-corrected chi connectivity index (χ1v) is 14.0. The number of nitriles is 1. The maximum absolute atomic E-state index is 9.83. The Labute approximate surface area is 240 Å². The number of piperazine rings is 1. The van der Waals surface area contributed by atoms with Gasteiger partial charge in [-0.3, -0.25) is 14.8 Å². The van der Waals surface area contributed by atoms with Gasteiger partial charge in [-0.2, -0.15) is 5.26 Å². The smallest absolute Gasteiger partial charge is 0.103 e. The van der Waals surface area contributed by atoms with E-state index in [9.17, 15) is 10.4 Å². The third-order valence-corrected chi connectivity index (χ3v) is 7.75. The molecular weight excluding hydrogens is 510 g/mol. The summed E-state index contributed by atoms with van der Waals surface area (Å²) >= 11 is 0. The van der Waals surface area contributed by atoms with Crippen molar-refractivity contribution in [3.63, 3.8) is 0 Å². The van der Waals surface area contributed by atoms with Crippen LogP contribution in [0.3, 0.4) is 0 Å². The molecule has 0 atom stereocenters. The molecule has 6 rings (SSSR count). The summed E-state index contributed by atoms with van der Waals surface area (Å²) in [5, 5.41) is 23.4. The van der Waals surface area contributed by atoms with E-state index in [0.29, 0.717) is 5.56 Å². The van der Waals surface area contributed by atoms with Crippen molar-refractivity contribution in [1.82, 2.24) is 14.8 Å². The van der Waals surface area contributed by atoms with Gasteiger partial charge in [0, 0.05) is 63.0 Å². The molecule has 0 radical (unpaired) electrons. The number of β-amino-alcohol motifs (C(OH)–C–C–N with tert-alkyl or cyclic N) is 1. The van der Waals surface area contributed by atoms with Crippen molar-refractivity contribution in [2.45, 2.75) is 13.0 Å². The van der Waals surface area contributed by atoms with Crippen molar-refractivity contribution in [2.75, 3.05) is 44.6 Å². The lowest BCUT2D eigenvalue weighted by molar-refractivity contribution is 0.108. The molecule has 41 heavy (non-hydrogen) atoms. The van der Waals surface area contributed by atoms with Crippen LogP contribution in [0.2, 0.25) is 0 Å². The molecule has 0 saturated carbocycles. The molecule has 7 heteroatoms. The number of aliphatic hydroxyl groups is 1. The second-order valence-corrected chi connectivity index (χ2v) is 10.6. The zero-order valence-electron chi connectivity index (χ0n) is 23.0. The minimum Gasteiger partial charge on any atom is -0.472 e. The monoisotopic (exact) mass is 543 g/mol. The predicted molar refractivity (Wildman–Crippen MR) is 162 cm³/mol. The fourth-order valence-corrected chi connectivity index (χ4v) is 5.49. The highest BCUT2D eigenvalue weighted by molar-refractivity contribution is 5.97. The number of benzene rings is 3. The number of hydrogen-bond donors (Lipinski definition) is 2. The maximum Gasteiger partial charge on any atom is 0.103 e. The summed E-state index contributed by atoms with van der Waals surface area (Å²) in [6, 6.07) is 27.5. The SMILES string of the molecule is N#Cc1cnc2cc(-c3cccc(CN4CCN(CCO)CC4)c3)ccc2c1Nc1ccc(Cc2ccoc2)cc1. The zero-order valence-corrected chi connectivity index (χ0v) is 23.0. The molecule has 3 heterocycles. The summed E-state index contributed by atoms with van der Waals surface area (Å²) in [5.74, 6) is 0. The molecule has 1 fully saturated rings. The van der Waals surface area contributed by atoms with Crippen molar-refractivity contribution >= 4 is 22.3 Å². The van der Waals surface area contributed by atoms with Gasteiger partial charge in [0.15, 0.2) is 0 Å². The van der Waals surface area contributed by atoms with Crippen molar-refractivity contribution in [3.8, 4) is 17.2 Å². The lowest BCUT2D eigenvalue weighted by atomic mass is 10.00. The Hall–Kier alpha value is -4.48. The number of hydrogen-bond acceptors (Lipinski definition) is 7. The predicted octanol–water partition coefficient (Wildman–Crippen LogP) is 5.81. The van der Waals surface area contributed by atoms with Gasteiger partial charge in [0.05, 0.1) is 35.9 Å². The minimum atomic E-state index is 0.221. The second kappa shape index (κ2) is 12.4. The van der Waals surface area contributed by atoms with Crippen molar-refractivity contribution in [1.29, 1.82) is 5.26 Å². The van der Waals surface area contributed by atoms with Crippen LogP contribution in [0, 0.1) is 11.3 Å². The first kappa shape index (κ1) is 26.7. The maximum atomic E-state index is 9.83. The zero-order chi connectivity index (χ0) is 28.0. The summed E-state index contributed by atoms with van der Waals surface area (Å²) in [7, 11) is 0. The third-order valence-electron chi connectivity index (χ3n) is 7.75. The lowest BCUT2D eigenvalue weighted by Crippen LogP contribution is -2.46. The summed E-state index contributed by atoms with van der Waals surface area (Å²) in [6.07, 6.45) is 5.91. The molecule has 3 aromatic carbocycles. The average molecular weight is 544 g/mol.